The van der Waals surface area contributed by atoms with Crippen molar-refractivity contribution in [2.45, 2.75) is 174 Å². The van der Waals surface area contributed by atoms with Gasteiger partial charge >= 0.3 is 17.9 Å². The van der Waals surface area contributed by atoms with Gasteiger partial charge in [-0.1, -0.05) is 47.1 Å². The molecule has 59 heavy (non-hydrogen) atoms. The molecule has 7 rings (SSSR count). The number of carboxylic acids is 2. The van der Waals surface area contributed by atoms with Crippen molar-refractivity contribution in [3.8, 4) is 0 Å². The van der Waals surface area contributed by atoms with E-state index < -0.39 is 101 Å². The molecule has 0 aromatic heterocycles. The highest BCUT2D eigenvalue weighted by Gasteiger charge is 2.71. The number of ether oxygens (including phenoxy) is 5. The molecule has 6 fully saturated rings. The number of ketones is 1. The molecule has 19 atom stereocenters. The van der Waals surface area contributed by atoms with Crippen LogP contribution in [0.1, 0.15) is 106 Å². The van der Waals surface area contributed by atoms with Gasteiger partial charge in [0.1, 0.15) is 36.6 Å². The van der Waals surface area contributed by atoms with Crippen LogP contribution in [0.15, 0.2) is 11.6 Å². The molecule has 4 saturated carbocycles. The summed E-state index contributed by atoms with van der Waals surface area (Å²) in [6.45, 7) is 15.2. The second-order valence-corrected chi connectivity index (χ2v) is 20.8. The van der Waals surface area contributed by atoms with Crippen LogP contribution in [-0.2, 0) is 42.9 Å². The monoisotopic (exact) mass is 836 g/mol. The summed E-state index contributed by atoms with van der Waals surface area (Å²) in [4.78, 5) is 52.0. The van der Waals surface area contributed by atoms with Gasteiger partial charge in [-0.3, -0.25) is 9.59 Å². The van der Waals surface area contributed by atoms with E-state index >= 15 is 0 Å². The fraction of sp³-hybridized carbons (Fsp3) is 0.860. The van der Waals surface area contributed by atoms with Gasteiger partial charge < -0.3 is 59.4 Å². The van der Waals surface area contributed by atoms with Gasteiger partial charge in [0, 0.05) is 5.92 Å². The predicted octanol–water partition coefficient (Wildman–Crippen LogP) is 2.33. The fourth-order valence-electron chi connectivity index (χ4n) is 13.6. The number of carbonyl (C=O) groups excluding carboxylic acids is 2. The molecule has 2 heterocycles. The molecule has 0 aromatic carbocycles. The molecule has 0 unspecified atom stereocenters. The molecular formula is C43H64O16. The Morgan fingerprint density at radius 2 is 1.31 bits per heavy atom. The summed E-state index contributed by atoms with van der Waals surface area (Å²) in [6.07, 6.45) is -11.6. The molecule has 2 aliphatic heterocycles. The maximum atomic E-state index is 14.9. The highest BCUT2D eigenvalue weighted by atomic mass is 16.8. The van der Waals surface area contributed by atoms with Crippen LogP contribution in [0.25, 0.3) is 0 Å². The molecule has 7 N–H and O–H groups in total. The van der Waals surface area contributed by atoms with Crippen molar-refractivity contribution in [1.29, 1.82) is 0 Å². The highest BCUT2D eigenvalue weighted by Crippen LogP contribution is 2.75. The van der Waals surface area contributed by atoms with Crippen molar-refractivity contribution in [1.82, 2.24) is 0 Å². The Labute approximate surface area is 344 Å². The minimum atomic E-state index is -2.04. The first kappa shape index (κ1) is 44.5. The molecule has 7 aliphatic rings. The predicted molar refractivity (Wildman–Crippen MR) is 204 cm³/mol. The SMILES string of the molecule is COC(=O)[C@@]1(C)CC[C@]2(C)CC[C@]3(C)C(=CC(=O)[C@@H]4[C@@]5(C)CC[C@H](O[C@H]6O[C@H](C(=O)O)[C@@H](O)[C@H](O)[C@H]6O[C@@H]6O[C@H](C(=O)O)[C@@H](O)[C@H](O)[C@H]6O)C(C)(C)[C@@H]5CC[C@]43C)[C@H]2C1. The molecular weight excluding hydrogens is 772 g/mol. The number of allylic oxidation sites excluding steroid dienone is 2. The first-order chi connectivity index (χ1) is 27.3. The van der Waals surface area contributed by atoms with E-state index in [1.54, 1.807) is 0 Å². The van der Waals surface area contributed by atoms with Crippen LogP contribution in [0.4, 0.5) is 0 Å². The number of fused-ring (bicyclic) bond motifs is 7. The van der Waals surface area contributed by atoms with Gasteiger partial charge in [0.2, 0.25) is 0 Å². The largest absolute Gasteiger partial charge is 0.479 e. The molecule has 0 bridgehead atoms. The number of aliphatic carboxylic acids is 2. The first-order valence-electron chi connectivity index (χ1n) is 21.1. The maximum absolute atomic E-state index is 14.9. The third-order valence-electron chi connectivity index (χ3n) is 17.4. The Hall–Kier alpha value is -2.54. The lowest BCUT2D eigenvalue weighted by Gasteiger charge is -2.70. The molecule has 0 radical (unpaired) electrons. The van der Waals surface area contributed by atoms with E-state index in [1.807, 2.05) is 26.8 Å². The van der Waals surface area contributed by atoms with E-state index in [2.05, 4.69) is 27.7 Å². The Bertz CT molecular complexity index is 1750. The van der Waals surface area contributed by atoms with Crippen molar-refractivity contribution >= 4 is 23.7 Å². The number of esters is 1. The average Bonchev–Trinajstić information content (AvgIpc) is 3.16. The number of carbonyl (C=O) groups is 4. The van der Waals surface area contributed by atoms with Crippen molar-refractivity contribution in [2.24, 2.45) is 50.2 Å². The summed E-state index contributed by atoms with van der Waals surface area (Å²) in [6, 6.07) is 0. The Morgan fingerprint density at radius 1 is 0.712 bits per heavy atom. The second kappa shape index (κ2) is 14.8. The van der Waals surface area contributed by atoms with E-state index in [0.29, 0.717) is 19.3 Å². The van der Waals surface area contributed by atoms with E-state index in [4.69, 9.17) is 23.7 Å². The Balaban J connectivity index is 1.17. The van der Waals surface area contributed by atoms with Crippen molar-refractivity contribution in [3.63, 3.8) is 0 Å². The molecule has 16 nitrogen and oxygen atoms in total. The average molecular weight is 837 g/mol. The van der Waals surface area contributed by atoms with Gasteiger partial charge in [-0.05, 0) is 110 Å². The normalized spacial score (nSPS) is 51.8. The van der Waals surface area contributed by atoms with Crippen LogP contribution in [0.5, 0.6) is 0 Å². The number of methoxy groups -OCH3 is 1. The van der Waals surface area contributed by atoms with Gasteiger partial charge in [-0.15, -0.1) is 0 Å². The van der Waals surface area contributed by atoms with E-state index in [9.17, 15) is 54.9 Å². The van der Waals surface area contributed by atoms with Gasteiger partial charge in [-0.25, -0.2) is 9.59 Å². The number of carboxylic acid groups (broad SMARTS) is 2. The number of aliphatic hydroxyl groups excluding tert-OH is 5. The van der Waals surface area contributed by atoms with Crippen molar-refractivity contribution < 1.29 is 78.6 Å². The highest BCUT2D eigenvalue weighted by molar-refractivity contribution is 5.95. The zero-order valence-electron chi connectivity index (χ0n) is 35.3. The zero-order valence-corrected chi connectivity index (χ0v) is 35.3. The van der Waals surface area contributed by atoms with Crippen molar-refractivity contribution in [3.05, 3.63) is 11.6 Å². The minimum absolute atomic E-state index is 0.0346. The van der Waals surface area contributed by atoms with Crippen LogP contribution >= 0.6 is 0 Å². The molecule has 0 aromatic rings. The summed E-state index contributed by atoms with van der Waals surface area (Å²) >= 11 is 0. The smallest absolute Gasteiger partial charge is 0.335 e. The Morgan fingerprint density at radius 3 is 1.92 bits per heavy atom. The maximum Gasteiger partial charge on any atom is 0.335 e. The van der Waals surface area contributed by atoms with Gasteiger partial charge in [0.05, 0.1) is 18.6 Å². The minimum Gasteiger partial charge on any atom is -0.479 e. The third-order valence-corrected chi connectivity index (χ3v) is 17.4. The first-order valence-corrected chi connectivity index (χ1v) is 21.1. The van der Waals surface area contributed by atoms with E-state index in [-0.39, 0.29) is 40.3 Å². The van der Waals surface area contributed by atoms with Gasteiger partial charge in [0.15, 0.2) is 30.6 Å². The number of aliphatic hydroxyl groups is 5. The van der Waals surface area contributed by atoms with Crippen LogP contribution in [0, 0.1) is 50.2 Å². The topological polar surface area (TPSA) is 256 Å². The lowest BCUT2D eigenvalue weighted by atomic mass is 9.33. The molecule has 0 spiro atoms. The van der Waals surface area contributed by atoms with E-state index in [1.165, 1.54) is 12.7 Å². The number of rotatable bonds is 7. The van der Waals surface area contributed by atoms with Gasteiger partial charge in [0.25, 0.3) is 0 Å². The summed E-state index contributed by atoms with van der Waals surface area (Å²) in [5.41, 5.74) is -1.36. The molecule has 5 aliphatic carbocycles. The van der Waals surface area contributed by atoms with Gasteiger partial charge in [-0.2, -0.15) is 0 Å². The van der Waals surface area contributed by atoms with Crippen LogP contribution in [0.2, 0.25) is 0 Å². The molecule has 0 amide bonds. The summed E-state index contributed by atoms with van der Waals surface area (Å²) < 4.78 is 28.7. The summed E-state index contributed by atoms with van der Waals surface area (Å²) in [5, 5.41) is 72.9. The second-order valence-electron chi connectivity index (χ2n) is 20.8. The number of hydrogen-bond donors (Lipinski definition) is 7. The standard InChI is InChI=1S/C43H64O16/c1-38(2)22-9-12-43(7)32(21(44)17-19-20-18-40(4,37(54)55-8)14-13-39(20,3)15-16-42(19,43)6)41(22,5)11-10-23(38)56-36-31(27(48)26(47)30(58-36)34(52)53)59-35-28(49)24(45)25(46)29(57-35)33(50)51/h17,20,22-32,35-36,45-49H,9-16,18H2,1-8H3,(H,50,51)(H,52,53)/t20-,22+,23+,24+,25+,26+,27+,28-,29+,30+,31-,32-,35+,36+,39-,40+,41+,42-,43-/m1/s1. The molecule has 2 saturated heterocycles. The Kier molecular flexibility index (Phi) is 11.2. The van der Waals surface area contributed by atoms with Crippen LogP contribution in [0.3, 0.4) is 0 Å². The van der Waals surface area contributed by atoms with Crippen LogP contribution < -0.4 is 0 Å². The summed E-state index contributed by atoms with van der Waals surface area (Å²) in [7, 11) is 1.44. The van der Waals surface area contributed by atoms with E-state index in [0.717, 1.165) is 38.5 Å². The lowest BCUT2D eigenvalue weighted by Crippen LogP contribution is -2.68. The fourth-order valence-corrected chi connectivity index (χ4v) is 13.6. The number of hydrogen-bond acceptors (Lipinski definition) is 14. The molecule has 16 heteroatoms. The van der Waals surface area contributed by atoms with Crippen molar-refractivity contribution in [2.75, 3.05) is 7.11 Å². The zero-order chi connectivity index (χ0) is 43.6. The summed E-state index contributed by atoms with van der Waals surface area (Å²) in [5.74, 6) is -3.71. The molecule has 332 valence electrons. The lowest BCUT2D eigenvalue weighted by molar-refractivity contribution is -0.371. The quantitative estimate of drug-likeness (QED) is 0.144. The van der Waals surface area contributed by atoms with Crippen LogP contribution in [-0.4, -0.2) is 134 Å². The third kappa shape index (κ3) is 6.56.